The van der Waals surface area contributed by atoms with Crippen molar-refractivity contribution in [2.24, 2.45) is 0 Å². The van der Waals surface area contributed by atoms with Gasteiger partial charge in [0.05, 0.1) is 18.2 Å². The van der Waals surface area contributed by atoms with Crippen molar-refractivity contribution in [2.45, 2.75) is 18.2 Å². The van der Waals surface area contributed by atoms with Crippen molar-refractivity contribution in [3.05, 3.63) is 96.6 Å². The van der Waals surface area contributed by atoms with E-state index in [0.29, 0.717) is 17.5 Å². The van der Waals surface area contributed by atoms with E-state index in [2.05, 4.69) is 16.3 Å². The van der Waals surface area contributed by atoms with E-state index in [1.165, 1.54) is 17.8 Å². The predicted molar refractivity (Wildman–Crippen MR) is 132 cm³/mol. The van der Waals surface area contributed by atoms with Crippen LogP contribution in [0.3, 0.4) is 0 Å². The van der Waals surface area contributed by atoms with Crippen molar-refractivity contribution in [3.63, 3.8) is 0 Å². The van der Waals surface area contributed by atoms with E-state index in [4.69, 9.17) is 10.00 Å². The first-order valence-electron chi connectivity index (χ1n) is 10.9. The van der Waals surface area contributed by atoms with Crippen LogP contribution < -0.4 is 9.64 Å². The molecule has 1 amide bonds. The smallest absolute Gasteiger partial charge is 0.237 e. The predicted octanol–water partition coefficient (Wildman–Crippen LogP) is 5.02. The Hall–Kier alpha value is -4.16. The Kier molecular flexibility index (Phi) is 8.09. The number of carbonyl (C=O) groups is 1. The maximum absolute atomic E-state index is 14.0. The van der Waals surface area contributed by atoms with Gasteiger partial charge in [-0.05, 0) is 36.4 Å². The molecule has 0 aliphatic heterocycles. The lowest BCUT2D eigenvalue weighted by molar-refractivity contribution is -0.116. The van der Waals surface area contributed by atoms with Crippen LogP contribution >= 0.6 is 11.8 Å². The summed E-state index contributed by atoms with van der Waals surface area (Å²) in [6, 6.07) is 27.0. The summed E-state index contributed by atoms with van der Waals surface area (Å²) in [6.45, 7) is 0.294. The molecule has 0 saturated heterocycles. The average molecular weight is 488 g/mol. The van der Waals surface area contributed by atoms with E-state index >= 15 is 0 Å². The molecule has 4 aromatic rings. The fraction of sp³-hybridized carbons (Fsp3) is 0.154. The molecule has 0 N–H and O–H groups in total. The van der Waals surface area contributed by atoms with Gasteiger partial charge in [-0.25, -0.2) is 4.39 Å². The van der Waals surface area contributed by atoms with Crippen molar-refractivity contribution in [1.82, 2.24) is 14.8 Å². The van der Waals surface area contributed by atoms with Crippen molar-refractivity contribution < 1.29 is 13.9 Å². The molecule has 0 atom stereocenters. The van der Waals surface area contributed by atoms with Crippen molar-refractivity contribution in [1.29, 1.82) is 5.26 Å². The second-order valence-corrected chi connectivity index (χ2v) is 8.31. The second kappa shape index (κ2) is 11.8. The van der Waals surface area contributed by atoms with Crippen molar-refractivity contribution in [2.75, 3.05) is 17.2 Å². The molecule has 0 aliphatic carbocycles. The zero-order valence-electron chi connectivity index (χ0n) is 18.8. The van der Waals surface area contributed by atoms with E-state index in [1.807, 2.05) is 60.7 Å². The molecule has 1 aromatic heterocycles. The van der Waals surface area contributed by atoms with E-state index in [-0.39, 0.29) is 30.4 Å². The van der Waals surface area contributed by atoms with Crippen molar-refractivity contribution in [3.8, 4) is 17.5 Å². The highest BCUT2D eigenvalue weighted by Gasteiger charge is 2.20. The fourth-order valence-electron chi connectivity index (χ4n) is 3.40. The number of ether oxygens (including phenoxy) is 1. The van der Waals surface area contributed by atoms with Gasteiger partial charge in [-0.15, -0.1) is 10.2 Å². The minimum absolute atomic E-state index is 0.00432. The molecule has 176 valence electrons. The Bertz CT molecular complexity index is 1310. The quantitative estimate of drug-likeness (QED) is 0.292. The summed E-state index contributed by atoms with van der Waals surface area (Å²) in [5, 5.41) is 18.0. The van der Waals surface area contributed by atoms with Gasteiger partial charge in [-0.2, -0.15) is 5.26 Å². The Morgan fingerprint density at radius 2 is 1.69 bits per heavy atom. The van der Waals surface area contributed by atoms with Gasteiger partial charge >= 0.3 is 0 Å². The highest BCUT2D eigenvalue weighted by atomic mass is 32.2. The van der Waals surface area contributed by atoms with Crippen LogP contribution in [0.5, 0.6) is 5.75 Å². The third kappa shape index (κ3) is 6.05. The summed E-state index contributed by atoms with van der Waals surface area (Å²) < 4.78 is 21.4. The molecule has 4 rings (SSSR count). The zero-order valence-corrected chi connectivity index (χ0v) is 19.6. The summed E-state index contributed by atoms with van der Waals surface area (Å²) in [5.74, 6) is 0.0776. The normalized spacial score (nSPS) is 10.5. The Labute approximate surface area is 206 Å². The number of amides is 1. The number of rotatable bonds is 10. The van der Waals surface area contributed by atoms with E-state index in [0.717, 1.165) is 11.4 Å². The van der Waals surface area contributed by atoms with Crippen LogP contribution in [0.2, 0.25) is 0 Å². The first-order chi connectivity index (χ1) is 17.2. The standard InChI is InChI=1S/C26H22FN5O2S/c27-22-14-7-8-15-23(22)34-18-24-29-30-26(32(24)21-12-5-2-6-13-21)35-19-25(33)31(17-9-16-28)20-10-3-1-4-11-20/h1-8,10-15H,9,17-19H2. The number of aromatic nitrogens is 3. The number of anilines is 1. The minimum atomic E-state index is -0.461. The topological polar surface area (TPSA) is 84.0 Å². The first kappa shape index (κ1) is 24.0. The number of carbonyl (C=O) groups excluding carboxylic acids is 1. The number of thioether (sulfide) groups is 1. The van der Waals surface area contributed by atoms with Gasteiger partial charge in [0.25, 0.3) is 0 Å². The maximum Gasteiger partial charge on any atom is 0.237 e. The molecular formula is C26H22FN5O2S. The molecule has 0 aliphatic rings. The summed E-state index contributed by atoms with van der Waals surface area (Å²) >= 11 is 1.24. The number of nitriles is 1. The highest BCUT2D eigenvalue weighted by molar-refractivity contribution is 7.99. The lowest BCUT2D eigenvalue weighted by Crippen LogP contribution is -2.33. The fourth-order valence-corrected chi connectivity index (χ4v) is 4.25. The summed E-state index contributed by atoms with van der Waals surface area (Å²) in [4.78, 5) is 14.7. The van der Waals surface area contributed by atoms with E-state index in [1.54, 1.807) is 27.7 Å². The van der Waals surface area contributed by atoms with Crippen LogP contribution in [0.4, 0.5) is 10.1 Å². The van der Waals surface area contributed by atoms with Gasteiger partial charge < -0.3 is 9.64 Å². The minimum Gasteiger partial charge on any atom is -0.483 e. The molecule has 0 spiro atoms. The van der Waals surface area contributed by atoms with E-state index < -0.39 is 5.82 Å². The zero-order chi connectivity index (χ0) is 24.5. The maximum atomic E-state index is 14.0. The molecule has 35 heavy (non-hydrogen) atoms. The summed E-state index contributed by atoms with van der Waals surface area (Å²) in [5.41, 5.74) is 1.53. The van der Waals surface area contributed by atoms with Gasteiger partial charge in [-0.3, -0.25) is 9.36 Å². The summed E-state index contributed by atoms with van der Waals surface area (Å²) in [7, 11) is 0. The second-order valence-electron chi connectivity index (χ2n) is 7.37. The molecule has 1 heterocycles. The highest BCUT2D eigenvalue weighted by Crippen LogP contribution is 2.25. The van der Waals surface area contributed by atoms with Crippen LogP contribution in [0.15, 0.2) is 90.1 Å². The molecule has 7 nitrogen and oxygen atoms in total. The van der Waals surface area contributed by atoms with Crippen molar-refractivity contribution >= 4 is 23.4 Å². The Morgan fingerprint density at radius 3 is 2.40 bits per heavy atom. The van der Waals surface area contributed by atoms with Gasteiger partial charge in [0.15, 0.2) is 22.5 Å². The summed E-state index contributed by atoms with van der Waals surface area (Å²) in [6.07, 6.45) is 0.225. The molecule has 0 radical (unpaired) electrons. The molecule has 0 bridgehead atoms. The third-order valence-electron chi connectivity index (χ3n) is 5.05. The molecule has 0 saturated carbocycles. The number of halogens is 1. The SMILES string of the molecule is N#CCCN(C(=O)CSc1nnc(COc2ccccc2F)n1-c1ccccc1)c1ccccc1. The molecule has 0 unspecified atom stereocenters. The van der Waals surface area contributed by atoms with Crippen LogP contribution in [0.1, 0.15) is 12.2 Å². The van der Waals surface area contributed by atoms with Gasteiger partial charge in [0.2, 0.25) is 5.91 Å². The van der Waals surface area contributed by atoms with Crippen LogP contribution in [0, 0.1) is 17.1 Å². The third-order valence-corrected chi connectivity index (χ3v) is 5.96. The number of hydrogen-bond donors (Lipinski definition) is 0. The number of nitrogens with zero attached hydrogens (tertiary/aromatic N) is 5. The molecule has 0 fully saturated rings. The van der Waals surface area contributed by atoms with Gasteiger partial charge in [-0.1, -0.05) is 60.3 Å². The van der Waals surface area contributed by atoms with Gasteiger partial charge in [0.1, 0.15) is 6.61 Å². The van der Waals surface area contributed by atoms with Crippen LogP contribution in [-0.2, 0) is 11.4 Å². The number of benzene rings is 3. The van der Waals surface area contributed by atoms with Crippen LogP contribution in [-0.4, -0.2) is 33.0 Å². The Morgan fingerprint density at radius 1 is 1.00 bits per heavy atom. The largest absolute Gasteiger partial charge is 0.483 e. The lowest BCUT2D eigenvalue weighted by atomic mass is 10.2. The molecular weight excluding hydrogens is 465 g/mol. The van der Waals surface area contributed by atoms with Gasteiger partial charge in [0, 0.05) is 17.9 Å². The number of para-hydroxylation sites is 3. The molecule has 9 heteroatoms. The lowest BCUT2D eigenvalue weighted by Gasteiger charge is -2.21. The number of hydrogen-bond acceptors (Lipinski definition) is 6. The monoisotopic (exact) mass is 487 g/mol. The first-order valence-corrected chi connectivity index (χ1v) is 11.9. The van der Waals surface area contributed by atoms with E-state index in [9.17, 15) is 9.18 Å². The Balaban J connectivity index is 1.54. The molecule has 3 aromatic carbocycles. The van der Waals surface area contributed by atoms with Crippen LogP contribution in [0.25, 0.3) is 5.69 Å². The average Bonchev–Trinajstić information content (AvgIpc) is 3.31.